The number of aromatic nitrogens is 1. The van der Waals surface area contributed by atoms with Gasteiger partial charge < -0.3 is 14.9 Å². The van der Waals surface area contributed by atoms with Crippen molar-refractivity contribution in [3.63, 3.8) is 0 Å². The summed E-state index contributed by atoms with van der Waals surface area (Å²) < 4.78 is 6.17. The first kappa shape index (κ1) is 24.3. The van der Waals surface area contributed by atoms with Crippen LogP contribution in [0.5, 0.6) is 11.5 Å². The Bertz CT molecular complexity index is 1600. The van der Waals surface area contributed by atoms with Crippen molar-refractivity contribution in [2.75, 3.05) is 12.0 Å². The van der Waals surface area contributed by atoms with Gasteiger partial charge in [-0.25, -0.2) is 4.98 Å². The van der Waals surface area contributed by atoms with E-state index in [1.54, 1.807) is 18.2 Å². The number of methoxy groups -OCH3 is 1. The van der Waals surface area contributed by atoms with E-state index in [1.165, 1.54) is 35.5 Å². The number of aryl methyl sites for hydroxylation is 2. The first-order chi connectivity index (χ1) is 17.8. The molecule has 2 heterocycles. The summed E-state index contributed by atoms with van der Waals surface area (Å²) in [4.78, 5) is 33.0. The van der Waals surface area contributed by atoms with Gasteiger partial charge in [0.2, 0.25) is 0 Å². The lowest BCUT2D eigenvalue weighted by Crippen LogP contribution is -2.30. The van der Waals surface area contributed by atoms with Gasteiger partial charge in [-0.15, -0.1) is 0 Å². The van der Waals surface area contributed by atoms with Crippen LogP contribution in [0.25, 0.3) is 16.3 Å². The Labute approximate surface area is 217 Å². The summed E-state index contributed by atoms with van der Waals surface area (Å²) in [6.45, 7) is 3.94. The number of hydrogen-bond donors (Lipinski definition) is 2. The van der Waals surface area contributed by atoms with Gasteiger partial charge in [-0.2, -0.15) is 0 Å². The van der Waals surface area contributed by atoms with Gasteiger partial charge in [0.1, 0.15) is 0 Å². The maximum absolute atomic E-state index is 13.5. The molecule has 7 nitrogen and oxygen atoms in total. The predicted molar refractivity (Wildman–Crippen MR) is 144 cm³/mol. The fourth-order valence-electron chi connectivity index (χ4n) is 4.52. The van der Waals surface area contributed by atoms with E-state index in [0.29, 0.717) is 10.7 Å². The number of phenols is 1. The molecule has 0 aliphatic carbocycles. The van der Waals surface area contributed by atoms with E-state index in [4.69, 9.17) is 9.72 Å². The monoisotopic (exact) mass is 512 g/mol. The molecule has 186 valence electrons. The maximum atomic E-state index is 13.5. The summed E-state index contributed by atoms with van der Waals surface area (Å²) in [5.74, 6) is -1.77. The minimum absolute atomic E-state index is 0.0721. The van der Waals surface area contributed by atoms with Crippen LogP contribution in [0, 0.1) is 13.8 Å². The largest absolute Gasteiger partial charge is 0.504 e. The van der Waals surface area contributed by atoms with Crippen LogP contribution >= 0.6 is 11.3 Å². The molecule has 1 unspecified atom stereocenters. The Morgan fingerprint density at radius 1 is 1.08 bits per heavy atom. The number of aromatic hydroxyl groups is 1. The minimum atomic E-state index is -0.975. The standard InChI is InChI=1S/C29H24N2O5S/c1-16-13-17(2)25-23(14-16)37-29(30-25)31-26(19-10-12-20(32)22(15-19)36-3)24(27(34)28(31)35)21(33)11-9-18-7-5-4-6-8-18/h4-15,26,32,34H,1-3H3. The molecule has 8 heteroatoms. The summed E-state index contributed by atoms with van der Waals surface area (Å²) in [7, 11) is 1.41. The highest BCUT2D eigenvalue weighted by atomic mass is 32.1. The molecule has 0 radical (unpaired) electrons. The quantitative estimate of drug-likeness (QED) is 0.316. The average Bonchev–Trinajstić information content (AvgIpc) is 3.42. The van der Waals surface area contributed by atoms with E-state index < -0.39 is 23.5 Å². The number of rotatable bonds is 6. The van der Waals surface area contributed by atoms with Gasteiger partial charge in [0.15, 0.2) is 28.2 Å². The van der Waals surface area contributed by atoms with Crippen molar-refractivity contribution in [2.45, 2.75) is 19.9 Å². The number of ether oxygens (including phenoxy) is 1. The number of hydrogen-bond acceptors (Lipinski definition) is 7. The number of phenolic OH excluding ortho intramolecular Hbond substituents is 1. The van der Waals surface area contributed by atoms with Gasteiger partial charge >= 0.3 is 0 Å². The Balaban J connectivity index is 1.65. The number of aliphatic hydroxyl groups excluding tert-OH is 1. The van der Waals surface area contributed by atoms with Gasteiger partial charge in [0.25, 0.3) is 5.91 Å². The summed E-state index contributed by atoms with van der Waals surface area (Å²) >= 11 is 1.31. The molecule has 2 N–H and O–H groups in total. The van der Waals surface area contributed by atoms with Crippen LogP contribution in [0.1, 0.15) is 28.3 Å². The minimum Gasteiger partial charge on any atom is -0.504 e. The fourth-order valence-corrected chi connectivity index (χ4v) is 5.69. The van der Waals surface area contributed by atoms with Crippen molar-refractivity contribution in [3.8, 4) is 11.5 Å². The van der Waals surface area contributed by atoms with Gasteiger partial charge in [0.05, 0.1) is 28.9 Å². The van der Waals surface area contributed by atoms with Crippen LogP contribution in [0.15, 0.2) is 78.1 Å². The highest BCUT2D eigenvalue weighted by molar-refractivity contribution is 7.22. The smallest absolute Gasteiger partial charge is 0.296 e. The maximum Gasteiger partial charge on any atom is 0.296 e. The van der Waals surface area contributed by atoms with Gasteiger partial charge in [-0.05, 0) is 60.4 Å². The second-order valence-electron chi connectivity index (χ2n) is 8.80. The van der Waals surface area contributed by atoms with Gasteiger partial charge in [-0.1, -0.05) is 59.9 Å². The lowest BCUT2D eigenvalue weighted by atomic mass is 9.95. The van der Waals surface area contributed by atoms with E-state index >= 15 is 0 Å². The van der Waals surface area contributed by atoms with Crippen molar-refractivity contribution in [1.82, 2.24) is 4.98 Å². The number of anilines is 1. The number of benzene rings is 3. The van der Waals surface area contributed by atoms with Crippen LogP contribution in [-0.2, 0) is 9.59 Å². The van der Waals surface area contributed by atoms with E-state index in [-0.39, 0.29) is 17.1 Å². The van der Waals surface area contributed by atoms with E-state index in [2.05, 4.69) is 0 Å². The third kappa shape index (κ3) is 4.36. The van der Waals surface area contributed by atoms with Crippen molar-refractivity contribution >= 4 is 44.5 Å². The normalized spacial score (nSPS) is 15.8. The summed E-state index contributed by atoms with van der Waals surface area (Å²) in [6, 6.07) is 16.9. The summed E-state index contributed by atoms with van der Waals surface area (Å²) in [6.07, 6.45) is 2.97. The SMILES string of the molecule is COc1cc(C2C(C(=O)C=Cc3ccccc3)=C(O)C(=O)N2c2nc3c(C)cc(C)cc3s2)ccc1O. The molecule has 4 aromatic rings. The zero-order valence-corrected chi connectivity index (χ0v) is 21.2. The second kappa shape index (κ2) is 9.55. The number of ketones is 1. The Morgan fingerprint density at radius 3 is 2.57 bits per heavy atom. The van der Waals surface area contributed by atoms with Crippen LogP contribution in [-0.4, -0.2) is 34.0 Å². The summed E-state index contributed by atoms with van der Waals surface area (Å²) in [5, 5.41) is 21.5. The molecule has 3 aromatic carbocycles. The molecule has 0 fully saturated rings. The zero-order chi connectivity index (χ0) is 26.3. The van der Waals surface area contributed by atoms with Crippen LogP contribution in [0.3, 0.4) is 0 Å². The fraction of sp³-hybridized carbons (Fsp3) is 0.138. The Hall–Kier alpha value is -4.43. The average molecular weight is 513 g/mol. The highest BCUT2D eigenvalue weighted by Gasteiger charge is 2.45. The Kier molecular flexibility index (Phi) is 6.27. The molecule has 0 spiro atoms. The number of aliphatic hydroxyl groups is 1. The molecular formula is C29H24N2O5S. The summed E-state index contributed by atoms with van der Waals surface area (Å²) in [5.41, 5.74) is 4.00. The van der Waals surface area contributed by atoms with Crippen LogP contribution < -0.4 is 9.64 Å². The van der Waals surface area contributed by atoms with Gasteiger partial charge in [0, 0.05) is 0 Å². The Morgan fingerprint density at radius 2 is 1.84 bits per heavy atom. The number of thiazole rings is 1. The molecule has 1 atom stereocenters. The van der Waals surface area contributed by atoms with E-state index in [9.17, 15) is 19.8 Å². The number of carbonyl (C=O) groups excluding carboxylic acids is 2. The topological polar surface area (TPSA) is 100.0 Å². The third-order valence-corrected chi connectivity index (χ3v) is 7.25. The molecule has 37 heavy (non-hydrogen) atoms. The number of nitrogens with zero attached hydrogens (tertiary/aromatic N) is 2. The van der Waals surface area contributed by atoms with E-state index in [0.717, 1.165) is 26.9 Å². The molecule has 0 saturated carbocycles. The third-order valence-electron chi connectivity index (χ3n) is 6.24. The first-order valence-corrected chi connectivity index (χ1v) is 12.4. The van der Waals surface area contributed by atoms with Gasteiger partial charge in [-0.3, -0.25) is 14.5 Å². The molecule has 0 bridgehead atoms. The van der Waals surface area contributed by atoms with Crippen LogP contribution in [0.2, 0.25) is 0 Å². The van der Waals surface area contributed by atoms with Crippen LogP contribution in [0.4, 0.5) is 5.13 Å². The molecule has 1 aliphatic heterocycles. The molecular weight excluding hydrogens is 488 g/mol. The van der Waals surface area contributed by atoms with Crippen molar-refractivity contribution < 1.29 is 24.5 Å². The number of fused-ring (bicyclic) bond motifs is 1. The predicted octanol–water partition coefficient (Wildman–Crippen LogP) is 5.81. The molecule has 1 amide bonds. The first-order valence-electron chi connectivity index (χ1n) is 11.6. The van der Waals surface area contributed by atoms with Crippen molar-refractivity contribution in [3.05, 3.63) is 100 Å². The number of allylic oxidation sites excluding steroid dienone is 1. The van der Waals surface area contributed by atoms with Crippen molar-refractivity contribution in [2.24, 2.45) is 0 Å². The number of amides is 1. The lowest BCUT2D eigenvalue weighted by molar-refractivity contribution is -0.117. The lowest BCUT2D eigenvalue weighted by Gasteiger charge is -2.24. The zero-order valence-electron chi connectivity index (χ0n) is 20.4. The van der Waals surface area contributed by atoms with E-state index in [1.807, 2.05) is 56.3 Å². The molecule has 1 aliphatic rings. The molecule has 0 saturated heterocycles. The molecule has 5 rings (SSSR count). The highest BCUT2D eigenvalue weighted by Crippen LogP contribution is 2.45. The number of carbonyl (C=O) groups is 2. The second-order valence-corrected chi connectivity index (χ2v) is 9.81. The molecule has 1 aromatic heterocycles. The van der Waals surface area contributed by atoms with Crippen molar-refractivity contribution in [1.29, 1.82) is 0 Å².